The van der Waals surface area contributed by atoms with Crippen LogP contribution < -0.4 is 0 Å². The minimum atomic E-state index is -4.87. The van der Waals surface area contributed by atoms with Crippen molar-refractivity contribution in [1.29, 1.82) is 0 Å². The fraction of sp³-hybridized carbons (Fsp3) is 0.333. The molecule has 0 spiro atoms. The van der Waals surface area contributed by atoms with E-state index in [0.717, 1.165) is 12.1 Å². The van der Waals surface area contributed by atoms with Gasteiger partial charge in [-0.15, -0.1) is 0 Å². The van der Waals surface area contributed by atoms with Crippen LogP contribution >= 0.6 is 15.9 Å². The predicted octanol–water partition coefficient (Wildman–Crippen LogP) is 3.51. The molecule has 1 aromatic carbocycles. The van der Waals surface area contributed by atoms with Gasteiger partial charge in [0.2, 0.25) is 0 Å². The third kappa shape index (κ3) is 2.54. The van der Waals surface area contributed by atoms with Crippen LogP contribution in [0.5, 0.6) is 0 Å². The highest BCUT2D eigenvalue weighted by molar-refractivity contribution is 9.10. The standard InChI is InChI=1S/C9H7BrF3N3O/c10-7-3-1-6(2-4-7)8(5-17,15-16-14)9(11,12)13/h1-4,17H,5H2. The van der Waals surface area contributed by atoms with Gasteiger partial charge in [-0.2, -0.15) is 13.2 Å². The molecule has 0 aliphatic rings. The zero-order chi connectivity index (χ0) is 13.1. The van der Waals surface area contributed by atoms with Crippen LogP contribution in [0, 0.1) is 0 Å². The maximum absolute atomic E-state index is 12.9. The molecule has 17 heavy (non-hydrogen) atoms. The zero-order valence-corrected chi connectivity index (χ0v) is 9.90. The Morgan fingerprint density at radius 1 is 1.29 bits per heavy atom. The summed E-state index contributed by atoms with van der Waals surface area (Å²) in [5.41, 5.74) is 5.00. The lowest BCUT2D eigenvalue weighted by Gasteiger charge is -2.29. The van der Waals surface area contributed by atoms with E-state index in [1.807, 2.05) is 0 Å². The Labute approximate surface area is 103 Å². The van der Waals surface area contributed by atoms with Crippen molar-refractivity contribution in [3.63, 3.8) is 0 Å². The number of hydrogen-bond acceptors (Lipinski definition) is 2. The number of azide groups is 1. The summed E-state index contributed by atoms with van der Waals surface area (Å²) in [7, 11) is 0. The average molecular weight is 310 g/mol. The largest absolute Gasteiger partial charge is 0.406 e. The molecule has 0 heterocycles. The molecule has 0 saturated carbocycles. The first-order valence-corrected chi connectivity index (χ1v) is 5.16. The van der Waals surface area contributed by atoms with Crippen molar-refractivity contribution in [3.05, 3.63) is 44.7 Å². The number of alkyl halides is 3. The van der Waals surface area contributed by atoms with Crippen molar-refractivity contribution in [2.24, 2.45) is 5.11 Å². The number of rotatable bonds is 3. The van der Waals surface area contributed by atoms with Crippen LogP contribution in [0.4, 0.5) is 13.2 Å². The van der Waals surface area contributed by atoms with Crippen LogP contribution in [-0.2, 0) is 5.54 Å². The molecular weight excluding hydrogens is 303 g/mol. The Kier molecular flexibility index (Phi) is 4.03. The normalized spacial score (nSPS) is 14.9. The monoisotopic (exact) mass is 309 g/mol. The smallest absolute Gasteiger partial charge is 0.395 e. The van der Waals surface area contributed by atoms with Crippen molar-refractivity contribution in [3.8, 4) is 0 Å². The number of halogens is 4. The molecule has 1 rings (SSSR count). The maximum atomic E-state index is 12.9. The minimum absolute atomic E-state index is 0.312. The Balaban J connectivity index is 3.42. The molecule has 1 aromatic rings. The fourth-order valence-electron chi connectivity index (χ4n) is 1.29. The average Bonchev–Trinajstić information content (AvgIpc) is 2.25. The van der Waals surface area contributed by atoms with Crippen molar-refractivity contribution < 1.29 is 18.3 Å². The highest BCUT2D eigenvalue weighted by Crippen LogP contribution is 2.42. The highest BCUT2D eigenvalue weighted by Gasteiger charge is 2.55. The molecule has 1 atom stereocenters. The summed E-state index contributed by atoms with van der Waals surface area (Å²) in [5.74, 6) is 0. The fourth-order valence-corrected chi connectivity index (χ4v) is 1.56. The molecule has 0 radical (unpaired) electrons. The van der Waals surface area contributed by atoms with Gasteiger partial charge in [0, 0.05) is 9.38 Å². The Morgan fingerprint density at radius 3 is 2.18 bits per heavy atom. The maximum Gasteiger partial charge on any atom is 0.406 e. The summed E-state index contributed by atoms with van der Waals surface area (Å²) in [4.78, 5) is 2.18. The predicted molar refractivity (Wildman–Crippen MR) is 58.1 cm³/mol. The second-order valence-corrected chi connectivity index (χ2v) is 4.13. The highest BCUT2D eigenvalue weighted by atomic mass is 79.9. The summed E-state index contributed by atoms with van der Waals surface area (Å²) in [5, 5.41) is 11.7. The van der Waals surface area contributed by atoms with Gasteiger partial charge in [0.05, 0.1) is 6.61 Å². The first-order valence-electron chi connectivity index (χ1n) is 4.37. The third-order valence-corrected chi connectivity index (χ3v) is 2.76. The topological polar surface area (TPSA) is 69.0 Å². The van der Waals surface area contributed by atoms with E-state index in [0.29, 0.717) is 4.47 Å². The van der Waals surface area contributed by atoms with E-state index in [-0.39, 0.29) is 5.56 Å². The quantitative estimate of drug-likeness (QED) is 0.518. The molecular formula is C9H7BrF3N3O. The van der Waals surface area contributed by atoms with Crippen LogP contribution in [0.3, 0.4) is 0 Å². The van der Waals surface area contributed by atoms with Gasteiger partial charge in [-0.3, -0.25) is 0 Å². The van der Waals surface area contributed by atoms with Gasteiger partial charge in [-0.1, -0.05) is 33.2 Å². The van der Waals surface area contributed by atoms with Gasteiger partial charge in [0.25, 0.3) is 0 Å². The zero-order valence-electron chi connectivity index (χ0n) is 8.32. The van der Waals surface area contributed by atoms with E-state index in [2.05, 4.69) is 26.0 Å². The molecule has 0 aliphatic heterocycles. The van der Waals surface area contributed by atoms with E-state index in [9.17, 15) is 13.2 Å². The van der Waals surface area contributed by atoms with Crippen molar-refractivity contribution in [2.75, 3.05) is 6.61 Å². The van der Waals surface area contributed by atoms with E-state index >= 15 is 0 Å². The molecule has 1 N–H and O–H groups in total. The van der Waals surface area contributed by atoms with Gasteiger partial charge >= 0.3 is 6.18 Å². The Bertz CT molecular complexity index is 442. The van der Waals surface area contributed by atoms with E-state index in [1.165, 1.54) is 12.1 Å². The lowest BCUT2D eigenvalue weighted by atomic mass is 9.91. The Hall–Kier alpha value is -1.24. The summed E-state index contributed by atoms with van der Waals surface area (Å²) in [6.45, 7) is -1.35. The minimum Gasteiger partial charge on any atom is -0.395 e. The van der Waals surface area contributed by atoms with Gasteiger partial charge in [0.1, 0.15) is 0 Å². The number of aliphatic hydroxyl groups is 1. The van der Waals surface area contributed by atoms with Crippen molar-refractivity contribution in [2.45, 2.75) is 11.7 Å². The van der Waals surface area contributed by atoms with E-state index < -0.39 is 18.3 Å². The van der Waals surface area contributed by atoms with E-state index in [4.69, 9.17) is 10.6 Å². The number of nitrogens with zero attached hydrogens (tertiary/aromatic N) is 3. The molecule has 0 amide bonds. The molecule has 0 aliphatic carbocycles. The molecule has 92 valence electrons. The van der Waals surface area contributed by atoms with Crippen molar-refractivity contribution in [1.82, 2.24) is 0 Å². The lowest BCUT2D eigenvalue weighted by molar-refractivity contribution is -0.199. The molecule has 0 saturated heterocycles. The summed E-state index contributed by atoms with van der Waals surface area (Å²) in [6, 6.07) is 5.03. The number of benzene rings is 1. The van der Waals surface area contributed by atoms with Crippen LogP contribution in [0.15, 0.2) is 33.9 Å². The van der Waals surface area contributed by atoms with Crippen LogP contribution in [0.25, 0.3) is 10.4 Å². The van der Waals surface area contributed by atoms with Crippen LogP contribution in [-0.4, -0.2) is 17.9 Å². The number of hydrogen-bond donors (Lipinski definition) is 1. The summed E-state index contributed by atoms with van der Waals surface area (Å²) < 4.78 is 39.3. The lowest BCUT2D eigenvalue weighted by Crippen LogP contribution is -2.43. The number of aliphatic hydroxyl groups excluding tert-OH is 1. The van der Waals surface area contributed by atoms with Gasteiger partial charge in [-0.05, 0) is 23.2 Å². The second-order valence-electron chi connectivity index (χ2n) is 3.21. The van der Waals surface area contributed by atoms with Gasteiger partial charge in [-0.25, -0.2) is 0 Å². The first kappa shape index (κ1) is 13.8. The third-order valence-electron chi connectivity index (χ3n) is 2.23. The molecule has 0 fully saturated rings. The van der Waals surface area contributed by atoms with E-state index in [1.54, 1.807) is 0 Å². The first-order chi connectivity index (χ1) is 7.87. The molecule has 4 nitrogen and oxygen atoms in total. The molecule has 1 unspecified atom stereocenters. The summed E-state index contributed by atoms with van der Waals surface area (Å²) in [6.07, 6.45) is -4.87. The second kappa shape index (κ2) is 4.95. The van der Waals surface area contributed by atoms with Gasteiger partial charge in [0.15, 0.2) is 5.54 Å². The SMILES string of the molecule is [N-]=[N+]=NC(CO)(c1ccc(Br)cc1)C(F)(F)F. The molecule has 0 bridgehead atoms. The molecule has 0 aromatic heterocycles. The van der Waals surface area contributed by atoms with Gasteiger partial charge < -0.3 is 5.11 Å². The summed E-state index contributed by atoms with van der Waals surface area (Å²) >= 11 is 3.08. The molecule has 8 heteroatoms. The van der Waals surface area contributed by atoms with Crippen LogP contribution in [0.1, 0.15) is 5.56 Å². The Morgan fingerprint density at radius 2 is 1.82 bits per heavy atom. The van der Waals surface area contributed by atoms with Crippen molar-refractivity contribution >= 4 is 15.9 Å². The van der Waals surface area contributed by atoms with Crippen LogP contribution in [0.2, 0.25) is 0 Å².